The van der Waals surface area contributed by atoms with Crippen molar-refractivity contribution in [3.8, 4) is 11.1 Å². The second-order valence-electron chi connectivity index (χ2n) is 9.93. The molecule has 34 heavy (non-hydrogen) atoms. The normalized spacial score (nSPS) is 16.7. The van der Waals surface area contributed by atoms with Crippen LogP contribution in [0.3, 0.4) is 0 Å². The van der Waals surface area contributed by atoms with Crippen molar-refractivity contribution in [3.63, 3.8) is 0 Å². The van der Waals surface area contributed by atoms with Gasteiger partial charge in [0.15, 0.2) is 0 Å². The fourth-order valence-electron chi connectivity index (χ4n) is 6.09. The van der Waals surface area contributed by atoms with Gasteiger partial charge >= 0.3 is 0 Å². The Balaban J connectivity index is 1.37. The van der Waals surface area contributed by atoms with Crippen molar-refractivity contribution in [3.05, 3.63) is 102 Å². The Hall–Kier alpha value is -3.52. The molecule has 1 aromatic heterocycles. The molecule has 0 spiro atoms. The molecule has 4 aromatic carbocycles. The van der Waals surface area contributed by atoms with Crippen LogP contribution in [0.4, 0.5) is 5.69 Å². The Kier molecular flexibility index (Phi) is 4.81. The summed E-state index contributed by atoms with van der Waals surface area (Å²) in [6.07, 6.45) is 1.10. The molecule has 0 aliphatic heterocycles. The van der Waals surface area contributed by atoms with Crippen molar-refractivity contribution in [2.24, 2.45) is 0 Å². The Labute approximate surface area is 202 Å². The molecule has 1 aliphatic rings. The number of rotatable bonds is 5. The first-order chi connectivity index (χ1) is 16.5. The van der Waals surface area contributed by atoms with Crippen LogP contribution in [0.15, 0.2) is 84.9 Å². The second-order valence-corrected chi connectivity index (χ2v) is 9.93. The number of hydrogen-bond acceptors (Lipinski definition) is 1. The highest BCUT2D eigenvalue weighted by Crippen LogP contribution is 2.51. The van der Waals surface area contributed by atoms with E-state index in [1.54, 1.807) is 0 Å². The molecule has 0 amide bonds. The van der Waals surface area contributed by atoms with E-state index in [0.717, 1.165) is 19.5 Å². The molecule has 1 unspecified atom stereocenters. The van der Waals surface area contributed by atoms with Crippen molar-refractivity contribution >= 4 is 27.5 Å². The number of nitrogens with zero attached hydrogens (tertiary/aromatic N) is 2. The number of para-hydroxylation sites is 1. The molecule has 6 rings (SSSR count). The number of fused-ring (bicyclic) bond motifs is 6. The first-order valence-corrected chi connectivity index (χ1v) is 12.5. The van der Waals surface area contributed by atoms with Crippen LogP contribution in [0, 0.1) is 0 Å². The van der Waals surface area contributed by atoms with Crippen molar-refractivity contribution in [2.75, 3.05) is 11.9 Å². The lowest BCUT2D eigenvalue weighted by atomic mass is 9.78. The molecule has 0 N–H and O–H groups in total. The molecule has 170 valence electrons. The minimum Gasteiger partial charge on any atom is -0.370 e. The monoisotopic (exact) mass is 444 g/mol. The van der Waals surface area contributed by atoms with Gasteiger partial charge in [-0.3, -0.25) is 0 Å². The summed E-state index contributed by atoms with van der Waals surface area (Å²) in [7, 11) is 2.21. The number of hydrogen-bond donors (Lipinski definition) is 0. The van der Waals surface area contributed by atoms with Crippen LogP contribution < -0.4 is 4.90 Å². The van der Waals surface area contributed by atoms with E-state index in [9.17, 15) is 0 Å². The lowest BCUT2D eigenvalue weighted by Crippen LogP contribution is -2.21. The van der Waals surface area contributed by atoms with Gasteiger partial charge in [0.2, 0.25) is 0 Å². The summed E-state index contributed by atoms with van der Waals surface area (Å²) in [4.78, 5) is 2.39. The minimum absolute atomic E-state index is 0.0731. The molecule has 0 bridgehead atoms. The topological polar surface area (TPSA) is 8.17 Å². The van der Waals surface area contributed by atoms with Crippen LogP contribution in [0.1, 0.15) is 43.9 Å². The van der Waals surface area contributed by atoms with Gasteiger partial charge in [0.25, 0.3) is 0 Å². The maximum atomic E-state index is 2.43. The van der Waals surface area contributed by atoms with E-state index in [1.807, 2.05) is 0 Å². The summed E-state index contributed by atoms with van der Waals surface area (Å²) in [5.74, 6) is 0. The van der Waals surface area contributed by atoms with Crippen molar-refractivity contribution < 1.29 is 0 Å². The predicted octanol–water partition coefficient (Wildman–Crippen LogP) is 8.15. The molecule has 0 radical (unpaired) electrons. The van der Waals surface area contributed by atoms with E-state index in [4.69, 9.17) is 0 Å². The van der Waals surface area contributed by atoms with Crippen LogP contribution in [-0.4, -0.2) is 11.6 Å². The zero-order valence-corrected chi connectivity index (χ0v) is 20.6. The lowest BCUT2D eigenvalue weighted by molar-refractivity contribution is 0.564. The van der Waals surface area contributed by atoms with E-state index in [-0.39, 0.29) is 5.41 Å². The largest absolute Gasteiger partial charge is 0.370 e. The SMILES string of the molecule is CCn1c2ccccc2c2cc(CN(C)c3ccc4c(c3)C(C)(CC)c3ccccc3-4)ccc21. The number of anilines is 1. The standard InChI is InChI=1S/C32H32N2/c1-5-32(3)28-13-9-7-11-24(28)25-17-16-23(20-29(25)32)33(4)21-22-15-18-31-27(19-22)26-12-8-10-14-30(26)34(31)6-2/h7-20H,5-6,21H2,1-4H3. The zero-order valence-electron chi connectivity index (χ0n) is 20.6. The van der Waals surface area contributed by atoms with E-state index >= 15 is 0 Å². The van der Waals surface area contributed by atoms with Crippen LogP contribution in [0.5, 0.6) is 0 Å². The van der Waals surface area contributed by atoms with E-state index in [2.05, 4.69) is 122 Å². The Morgan fingerprint density at radius 3 is 2.29 bits per heavy atom. The van der Waals surface area contributed by atoms with Gasteiger partial charge in [0, 0.05) is 53.0 Å². The van der Waals surface area contributed by atoms with Crippen molar-refractivity contribution in [1.29, 1.82) is 0 Å². The molecule has 2 nitrogen and oxygen atoms in total. The first kappa shape index (κ1) is 21.0. The van der Waals surface area contributed by atoms with Crippen LogP contribution in [0.25, 0.3) is 32.9 Å². The fourth-order valence-corrected chi connectivity index (χ4v) is 6.09. The predicted molar refractivity (Wildman–Crippen MR) is 146 cm³/mol. The smallest absolute Gasteiger partial charge is 0.0491 e. The Bertz CT molecular complexity index is 1540. The quantitative estimate of drug-likeness (QED) is 0.265. The molecule has 1 heterocycles. The summed E-state index contributed by atoms with van der Waals surface area (Å²) in [6, 6.07) is 31.7. The van der Waals surface area contributed by atoms with Gasteiger partial charge in [0.1, 0.15) is 0 Å². The van der Waals surface area contributed by atoms with E-state index in [0.29, 0.717) is 0 Å². The third kappa shape index (κ3) is 2.94. The van der Waals surface area contributed by atoms with Crippen LogP contribution >= 0.6 is 0 Å². The summed E-state index contributed by atoms with van der Waals surface area (Å²) < 4.78 is 2.42. The number of aryl methyl sites for hydroxylation is 1. The highest BCUT2D eigenvalue weighted by molar-refractivity contribution is 6.08. The minimum atomic E-state index is 0.0731. The molecule has 2 heteroatoms. The second kappa shape index (κ2) is 7.77. The highest BCUT2D eigenvalue weighted by atomic mass is 15.1. The molecule has 1 atom stereocenters. The first-order valence-electron chi connectivity index (χ1n) is 12.5. The van der Waals surface area contributed by atoms with Crippen molar-refractivity contribution in [1.82, 2.24) is 4.57 Å². The number of benzene rings is 4. The lowest BCUT2D eigenvalue weighted by Gasteiger charge is -2.27. The third-order valence-electron chi connectivity index (χ3n) is 8.13. The van der Waals surface area contributed by atoms with Gasteiger partial charge in [-0.2, -0.15) is 0 Å². The Morgan fingerprint density at radius 2 is 1.47 bits per heavy atom. The summed E-state index contributed by atoms with van der Waals surface area (Å²) in [5.41, 5.74) is 11.1. The van der Waals surface area contributed by atoms with Gasteiger partial charge in [-0.1, -0.05) is 68.4 Å². The molecule has 5 aromatic rings. The zero-order chi connectivity index (χ0) is 23.4. The molecule has 0 saturated heterocycles. The maximum Gasteiger partial charge on any atom is 0.0491 e. The van der Waals surface area contributed by atoms with Gasteiger partial charge < -0.3 is 9.47 Å². The van der Waals surface area contributed by atoms with E-state index in [1.165, 1.54) is 55.3 Å². The highest BCUT2D eigenvalue weighted by Gasteiger charge is 2.37. The Morgan fingerprint density at radius 1 is 0.735 bits per heavy atom. The fraction of sp³-hybridized carbons (Fsp3) is 0.250. The van der Waals surface area contributed by atoms with Gasteiger partial charge in [-0.05, 0) is 71.5 Å². The molecule has 1 aliphatic carbocycles. The van der Waals surface area contributed by atoms with Crippen LogP contribution in [0.2, 0.25) is 0 Å². The third-order valence-corrected chi connectivity index (χ3v) is 8.13. The van der Waals surface area contributed by atoms with Gasteiger partial charge in [-0.15, -0.1) is 0 Å². The van der Waals surface area contributed by atoms with Gasteiger partial charge in [0.05, 0.1) is 0 Å². The maximum absolute atomic E-state index is 2.43. The number of aromatic nitrogens is 1. The summed E-state index contributed by atoms with van der Waals surface area (Å²) in [5, 5.41) is 2.70. The molecule has 0 fully saturated rings. The molecular weight excluding hydrogens is 412 g/mol. The van der Waals surface area contributed by atoms with Crippen molar-refractivity contribution in [2.45, 2.75) is 45.7 Å². The average molecular weight is 445 g/mol. The van der Waals surface area contributed by atoms with Gasteiger partial charge in [-0.25, -0.2) is 0 Å². The molecule has 0 saturated carbocycles. The van der Waals surface area contributed by atoms with Crippen LogP contribution in [-0.2, 0) is 18.5 Å². The average Bonchev–Trinajstić information content (AvgIpc) is 3.33. The summed E-state index contributed by atoms with van der Waals surface area (Å²) in [6.45, 7) is 8.81. The summed E-state index contributed by atoms with van der Waals surface area (Å²) >= 11 is 0. The van der Waals surface area contributed by atoms with E-state index < -0.39 is 0 Å². The molecular formula is C32H32N2.